The summed E-state index contributed by atoms with van der Waals surface area (Å²) in [7, 11) is 2.12. The summed E-state index contributed by atoms with van der Waals surface area (Å²) in [6.07, 6.45) is 3.40. The smallest absolute Gasteiger partial charge is 0.313 e. The Balaban J connectivity index is 1.45. The van der Waals surface area contributed by atoms with E-state index in [2.05, 4.69) is 45.7 Å². The van der Waals surface area contributed by atoms with Crippen LogP contribution in [0.15, 0.2) is 36.4 Å². The molecule has 6 heteroatoms. The van der Waals surface area contributed by atoms with Gasteiger partial charge in [0.15, 0.2) is 0 Å². The van der Waals surface area contributed by atoms with Crippen molar-refractivity contribution in [2.24, 2.45) is 0 Å². The van der Waals surface area contributed by atoms with Crippen LogP contribution >= 0.6 is 0 Å². The Bertz CT molecular complexity index is 961. The Hall–Kier alpha value is -2.86. The van der Waals surface area contributed by atoms with Gasteiger partial charge in [-0.25, -0.2) is 0 Å². The zero-order valence-electron chi connectivity index (χ0n) is 18.7. The fourth-order valence-corrected chi connectivity index (χ4v) is 4.76. The van der Waals surface area contributed by atoms with Crippen LogP contribution in [-0.2, 0) is 16.0 Å². The van der Waals surface area contributed by atoms with Gasteiger partial charge in [0.05, 0.1) is 6.04 Å². The molecule has 2 N–H and O–H groups in total. The Kier molecular flexibility index (Phi) is 6.28. The van der Waals surface area contributed by atoms with Crippen molar-refractivity contribution in [2.45, 2.75) is 39.2 Å². The summed E-state index contributed by atoms with van der Waals surface area (Å²) in [4.78, 5) is 29.8. The van der Waals surface area contributed by atoms with Crippen LogP contribution in [0.25, 0.3) is 0 Å². The van der Waals surface area contributed by atoms with Gasteiger partial charge in [-0.15, -0.1) is 0 Å². The quantitative estimate of drug-likeness (QED) is 0.730. The molecule has 1 fully saturated rings. The number of anilines is 2. The van der Waals surface area contributed by atoms with Crippen molar-refractivity contribution < 1.29 is 9.59 Å². The second-order valence-electron chi connectivity index (χ2n) is 8.75. The Morgan fingerprint density at radius 2 is 1.71 bits per heavy atom. The van der Waals surface area contributed by atoms with Crippen molar-refractivity contribution in [2.75, 3.05) is 43.4 Å². The number of benzene rings is 2. The Labute approximate surface area is 184 Å². The number of rotatable bonds is 5. The van der Waals surface area contributed by atoms with Gasteiger partial charge in [-0.2, -0.15) is 0 Å². The minimum Gasteiger partial charge on any atom is -0.374 e. The number of amides is 2. The predicted octanol–water partition coefficient (Wildman–Crippen LogP) is 3.19. The molecule has 2 aromatic carbocycles. The van der Waals surface area contributed by atoms with Gasteiger partial charge in [0.1, 0.15) is 0 Å². The van der Waals surface area contributed by atoms with Crippen LogP contribution in [0.2, 0.25) is 0 Å². The summed E-state index contributed by atoms with van der Waals surface area (Å²) in [5, 5.41) is 5.67. The number of nitrogens with zero attached hydrogens (tertiary/aromatic N) is 2. The van der Waals surface area contributed by atoms with Crippen molar-refractivity contribution in [3.8, 4) is 0 Å². The van der Waals surface area contributed by atoms with Crippen molar-refractivity contribution in [1.29, 1.82) is 0 Å². The van der Waals surface area contributed by atoms with Crippen molar-refractivity contribution in [3.63, 3.8) is 0 Å². The highest BCUT2D eigenvalue weighted by atomic mass is 16.2. The fraction of sp³-hybridized carbons (Fsp3) is 0.440. The minimum absolute atomic E-state index is 0.0793. The fourth-order valence-electron chi connectivity index (χ4n) is 4.76. The number of hydrogen-bond donors (Lipinski definition) is 2. The third-order valence-corrected chi connectivity index (χ3v) is 6.58. The number of nitrogens with one attached hydrogen (secondary N) is 2. The summed E-state index contributed by atoms with van der Waals surface area (Å²) in [5.41, 5.74) is 6.47. The number of aryl methyl sites for hydroxylation is 2. The first-order valence-electron chi connectivity index (χ1n) is 11.2. The molecule has 4 rings (SSSR count). The summed E-state index contributed by atoms with van der Waals surface area (Å²) in [5.74, 6) is -1.21. The van der Waals surface area contributed by atoms with E-state index in [1.807, 2.05) is 32.0 Å². The molecule has 0 bridgehead atoms. The number of carbonyl (C=O) groups excluding carboxylic acids is 2. The zero-order valence-corrected chi connectivity index (χ0v) is 18.7. The predicted molar refractivity (Wildman–Crippen MR) is 125 cm³/mol. The van der Waals surface area contributed by atoms with Gasteiger partial charge in [-0.05, 0) is 74.5 Å². The standard InChI is InChI=1S/C25H32N4O2/c1-17-7-6-8-18(2)23(17)27-25(31)24(30)26-16-22(29-12-4-5-13-29)19-9-10-21-20(15-19)11-14-28(21)3/h6-10,15,22H,4-5,11-14,16H2,1-3H3,(H,26,30)(H,27,31)/t22-/m1/s1. The number of hydrogen-bond acceptors (Lipinski definition) is 4. The highest BCUT2D eigenvalue weighted by molar-refractivity contribution is 6.39. The molecule has 0 radical (unpaired) electrons. The van der Waals surface area contributed by atoms with Crippen LogP contribution in [0.4, 0.5) is 11.4 Å². The molecule has 1 saturated heterocycles. The lowest BCUT2D eigenvalue weighted by molar-refractivity contribution is -0.136. The van der Waals surface area contributed by atoms with Crippen molar-refractivity contribution in [1.82, 2.24) is 10.2 Å². The van der Waals surface area contributed by atoms with Crippen molar-refractivity contribution >= 4 is 23.2 Å². The molecule has 1 atom stereocenters. The summed E-state index contributed by atoms with van der Waals surface area (Å²) in [6.45, 7) is 7.36. The summed E-state index contributed by atoms with van der Waals surface area (Å²) in [6, 6.07) is 12.5. The number of para-hydroxylation sites is 1. The second-order valence-corrected chi connectivity index (χ2v) is 8.75. The van der Waals surface area contributed by atoms with E-state index in [0.29, 0.717) is 12.2 Å². The average Bonchev–Trinajstić information content (AvgIpc) is 3.41. The molecule has 2 amide bonds. The van der Waals surface area contributed by atoms with Gasteiger partial charge in [-0.1, -0.05) is 30.3 Å². The molecule has 0 aliphatic carbocycles. The lowest BCUT2D eigenvalue weighted by Crippen LogP contribution is -2.41. The van der Waals surface area contributed by atoms with Crippen LogP contribution in [0.1, 0.15) is 41.1 Å². The molecular formula is C25H32N4O2. The highest BCUT2D eigenvalue weighted by Crippen LogP contribution is 2.32. The van der Waals surface area contributed by atoms with E-state index in [4.69, 9.17) is 0 Å². The molecule has 0 unspecified atom stereocenters. The zero-order chi connectivity index (χ0) is 22.0. The van der Waals surface area contributed by atoms with Crippen LogP contribution in [0.5, 0.6) is 0 Å². The van der Waals surface area contributed by atoms with Crippen LogP contribution in [-0.4, -0.2) is 49.9 Å². The first-order valence-corrected chi connectivity index (χ1v) is 11.2. The Morgan fingerprint density at radius 1 is 1.00 bits per heavy atom. The van der Waals surface area contributed by atoms with Gasteiger partial charge in [-0.3, -0.25) is 14.5 Å². The summed E-state index contributed by atoms with van der Waals surface area (Å²) >= 11 is 0. The number of fused-ring (bicyclic) bond motifs is 1. The van der Waals surface area contributed by atoms with E-state index in [0.717, 1.165) is 37.2 Å². The van der Waals surface area contributed by atoms with Gasteiger partial charge in [0, 0.05) is 31.5 Å². The largest absolute Gasteiger partial charge is 0.374 e. The van der Waals surface area contributed by atoms with Crippen LogP contribution < -0.4 is 15.5 Å². The van der Waals surface area contributed by atoms with Gasteiger partial charge < -0.3 is 15.5 Å². The monoisotopic (exact) mass is 420 g/mol. The first-order chi connectivity index (χ1) is 14.9. The van der Waals surface area contributed by atoms with E-state index in [9.17, 15) is 9.59 Å². The maximum absolute atomic E-state index is 12.6. The third-order valence-electron chi connectivity index (χ3n) is 6.58. The molecular weight excluding hydrogens is 388 g/mol. The van der Waals surface area contributed by atoms with Crippen LogP contribution in [0.3, 0.4) is 0 Å². The van der Waals surface area contributed by atoms with Gasteiger partial charge >= 0.3 is 11.8 Å². The maximum Gasteiger partial charge on any atom is 0.313 e. The molecule has 0 saturated carbocycles. The highest BCUT2D eigenvalue weighted by Gasteiger charge is 2.27. The number of likely N-dealkylation sites (tertiary alicyclic amines) is 1. The lowest BCUT2D eigenvalue weighted by atomic mass is 10.0. The van der Waals surface area contributed by atoms with E-state index in [1.165, 1.54) is 29.7 Å². The molecule has 2 heterocycles. The number of carbonyl (C=O) groups is 2. The van der Waals surface area contributed by atoms with E-state index in [-0.39, 0.29) is 6.04 Å². The van der Waals surface area contributed by atoms with E-state index < -0.39 is 11.8 Å². The van der Waals surface area contributed by atoms with Gasteiger partial charge in [0.2, 0.25) is 0 Å². The van der Waals surface area contributed by atoms with Gasteiger partial charge in [0.25, 0.3) is 0 Å². The molecule has 2 aromatic rings. The van der Waals surface area contributed by atoms with Crippen LogP contribution in [0, 0.1) is 13.8 Å². The lowest BCUT2D eigenvalue weighted by Gasteiger charge is -2.28. The van der Waals surface area contributed by atoms with E-state index in [1.54, 1.807) is 0 Å². The molecule has 31 heavy (non-hydrogen) atoms. The average molecular weight is 421 g/mol. The molecule has 2 aliphatic rings. The molecule has 0 spiro atoms. The molecule has 6 nitrogen and oxygen atoms in total. The molecule has 164 valence electrons. The topological polar surface area (TPSA) is 64.7 Å². The third kappa shape index (κ3) is 4.59. The normalized spacial score (nSPS) is 16.8. The SMILES string of the molecule is Cc1cccc(C)c1NC(=O)C(=O)NC[C@H](c1ccc2c(c1)CCN2C)N1CCCC1. The Morgan fingerprint density at radius 3 is 2.42 bits per heavy atom. The van der Waals surface area contributed by atoms with E-state index >= 15 is 0 Å². The maximum atomic E-state index is 12.6. The molecule has 0 aromatic heterocycles. The number of likely N-dealkylation sites (N-methyl/N-ethyl adjacent to an activating group) is 1. The summed E-state index contributed by atoms with van der Waals surface area (Å²) < 4.78 is 0. The molecule has 2 aliphatic heterocycles. The first kappa shape index (κ1) is 21.4. The second kappa shape index (κ2) is 9.10. The minimum atomic E-state index is -0.617. The van der Waals surface area contributed by atoms with Crippen molar-refractivity contribution in [3.05, 3.63) is 58.7 Å².